The Balaban J connectivity index is 1.40. The first-order chi connectivity index (χ1) is 21.6. The number of hydrogen-bond acceptors (Lipinski definition) is 4. The van der Waals surface area contributed by atoms with E-state index in [0.717, 1.165) is 77.9 Å². The summed E-state index contributed by atoms with van der Waals surface area (Å²) in [4.78, 5) is 0. The predicted molar refractivity (Wildman–Crippen MR) is 184 cm³/mol. The van der Waals surface area contributed by atoms with Gasteiger partial charge in [0.25, 0.3) is 0 Å². The zero-order valence-corrected chi connectivity index (χ0v) is 25.3. The summed E-state index contributed by atoms with van der Waals surface area (Å²) in [6, 6.07) is 37.4. The number of hydrogen-bond donors (Lipinski definition) is 0. The Morgan fingerprint density at radius 3 is 1.09 bits per heavy atom. The van der Waals surface area contributed by atoms with Crippen LogP contribution in [-0.2, 0) is 0 Å². The van der Waals surface area contributed by atoms with Crippen molar-refractivity contribution in [3.05, 3.63) is 131 Å². The van der Waals surface area contributed by atoms with Gasteiger partial charge in [-0.15, -0.1) is 0 Å². The highest BCUT2D eigenvalue weighted by atomic mass is 16.5. The second-order valence-corrected chi connectivity index (χ2v) is 10.5. The molecule has 0 aromatic heterocycles. The first-order valence-corrected chi connectivity index (χ1v) is 14.5. The molecule has 218 valence electrons. The first-order valence-electron chi connectivity index (χ1n) is 14.5. The Kier molecular flexibility index (Phi) is 8.33. The summed E-state index contributed by atoms with van der Waals surface area (Å²) >= 11 is 0. The van der Waals surface area contributed by atoms with E-state index < -0.39 is 0 Å². The maximum atomic E-state index is 5.94. The summed E-state index contributed by atoms with van der Waals surface area (Å²) in [5.74, 6) is 3.29. The van der Waals surface area contributed by atoms with Gasteiger partial charge in [-0.3, -0.25) is 0 Å². The molecule has 0 aliphatic carbocycles. The predicted octanol–water partition coefficient (Wildman–Crippen LogP) is 10.0. The van der Waals surface area contributed by atoms with Crippen molar-refractivity contribution in [1.29, 1.82) is 0 Å². The fraction of sp³-hybridized carbons (Fsp3) is 0.100. The molecule has 0 aliphatic heterocycles. The summed E-state index contributed by atoms with van der Waals surface area (Å²) in [6.45, 7) is 0. The van der Waals surface area contributed by atoms with Crippen molar-refractivity contribution >= 4 is 45.8 Å². The van der Waals surface area contributed by atoms with E-state index in [4.69, 9.17) is 18.9 Å². The molecule has 6 aromatic rings. The van der Waals surface area contributed by atoms with Crippen molar-refractivity contribution in [2.75, 3.05) is 28.4 Å². The maximum absolute atomic E-state index is 5.94. The van der Waals surface area contributed by atoms with Gasteiger partial charge in [0, 0.05) is 11.1 Å². The second-order valence-electron chi connectivity index (χ2n) is 10.5. The molecular weight excluding hydrogens is 544 g/mol. The van der Waals surface area contributed by atoms with Crippen LogP contribution in [0, 0.1) is 0 Å². The highest BCUT2D eigenvalue weighted by Gasteiger charge is 2.18. The van der Waals surface area contributed by atoms with Crippen LogP contribution in [0.25, 0.3) is 57.0 Å². The van der Waals surface area contributed by atoms with Gasteiger partial charge < -0.3 is 18.9 Å². The van der Waals surface area contributed by atoms with E-state index in [1.165, 1.54) is 0 Å². The van der Waals surface area contributed by atoms with Crippen LogP contribution in [0.1, 0.15) is 22.3 Å². The molecule has 0 aliphatic rings. The number of rotatable bonds is 9. The molecule has 4 nitrogen and oxygen atoms in total. The van der Waals surface area contributed by atoms with Crippen LogP contribution in [0.4, 0.5) is 0 Å². The SMILES string of the molecule is COc1ccc(/C=C\c2ccc3c(-c4c(OC)ccc5cc(/C=C\c6ccc(OC)cc6)ccc45)c(OC)ccc3c2)cc1. The minimum atomic E-state index is 0.799. The van der Waals surface area contributed by atoms with Gasteiger partial charge in [-0.1, -0.05) is 85.0 Å². The second kappa shape index (κ2) is 12.8. The Labute approximate surface area is 258 Å². The molecule has 44 heavy (non-hydrogen) atoms. The molecule has 0 saturated heterocycles. The molecule has 0 fully saturated rings. The van der Waals surface area contributed by atoms with Crippen LogP contribution in [0.2, 0.25) is 0 Å². The molecule has 0 bridgehead atoms. The van der Waals surface area contributed by atoms with Crippen molar-refractivity contribution in [3.8, 4) is 34.1 Å². The van der Waals surface area contributed by atoms with Crippen molar-refractivity contribution in [3.63, 3.8) is 0 Å². The largest absolute Gasteiger partial charge is 0.497 e. The van der Waals surface area contributed by atoms with Gasteiger partial charge in [0.2, 0.25) is 0 Å². The molecule has 4 heteroatoms. The first kappa shape index (κ1) is 28.6. The Bertz CT molecular complexity index is 1840. The third kappa shape index (κ3) is 5.88. The van der Waals surface area contributed by atoms with E-state index in [2.05, 4.69) is 72.8 Å². The van der Waals surface area contributed by atoms with Gasteiger partial charge in [-0.25, -0.2) is 0 Å². The average molecular weight is 579 g/mol. The fourth-order valence-electron chi connectivity index (χ4n) is 5.53. The number of ether oxygens (including phenoxy) is 4. The topological polar surface area (TPSA) is 36.9 Å². The van der Waals surface area contributed by atoms with Crippen molar-refractivity contribution in [1.82, 2.24) is 0 Å². The van der Waals surface area contributed by atoms with Gasteiger partial charge >= 0.3 is 0 Å². The van der Waals surface area contributed by atoms with Gasteiger partial charge in [-0.2, -0.15) is 0 Å². The monoisotopic (exact) mass is 578 g/mol. The van der Waals surface area contributed by atoms with Gasteiger partial charge in [0.15, 0.2) is 0 Å². The van der Waals surface area contributed by atoms with Crippen LogP contribution in [0.5, 0.6) is 23.0 Å². The zero-order chi connectivity index (χ0) is 30.5. The van der Waals surface area contributed by atoms with Crippen molar-refractivity contribution in [2.45, 2.75) is 0 Å². The lowest BCUT2D eigenvalue weighted by molar-refractivity contribution is 0.411. The van der Waals surface area contributed by atoms with Crippen LogP contribution >= 0.6 is 0 Å². The smallest absolute Gasteiger partial charge is 0.127 e. The highest BCUT2D eigenvalue weighted by Crippen LogP contribution is 2.45. The molecule has 0 amide bonds. The van der Waals surface area contributed by atoms with E-state index >= 15 is 0 Å². The maximum Gasteiger partial charge on any atom is 0.127 e. The minimum Gasteiger partial charge on any atom is -0.497 e. The van der Waals surface area contributed by atoms with Crippen LogP contribution < -0.4 is 18.9 Å². The molecular formula is C40H34O4. The molecule has 6 aromatic carbocycles. The highest BCUT2D eigenvalue weighted by molar-refractivity contribution is 6.10. The number of methoxy groups -OCH3 is 4. The number of fused-ring (bicyclic) bond motifs is 2. The molecule has 0 unspecified atom stereocenters. The molecule has 0 atom stereocenters. The molecule has 6 rings (SSSR count). The van der Waals surface area contributed by atoms with E-state index in [9.17, 15) is 0 Å². The normalized spacial score (nSPS) is 11.5. The Morgan fingerprint density at radius 2 is 0.727 bits per heavy atom. The van der Waals surface area contributed by atoms with Crippen molar-refractivity contribution < 1.29 is 18.9 Å². The van der Waals surface area contributed by atoms with Crippen LogP contribution in [0.3, 0.4) is 0 Å². The lowest BCUT2D eigenvalue weighted by atomic mass is 9.91. The van der Waals surface area contributed by atoms with E-state index in [-0.39, 0.29) is 0 Å². The lowest BCUT2D eigenvalue weighted by Crippen LogP contribution is -1.95. The molecule has 0 saturated carbocycles. The third-order valence-corrected chi connectivity index (χ3v) is 7.87. The summed E-state index contributed by atoms with van der Waals surface area (Å²) in [5, 5.41) is 4.44. The van der Waals surface area contributed by atoms with E-state index in [0.29, 0.717) is 0 Å². The van der Waals surface area contributed by atoms with Crippen LogP contribution in [-0.4, -0.2) is 28.4 Å². The quantitative estimate of drug-likeness (QED) is 0.160. The number of benzene rings is 6. The summed E-state index contributed by atoms with van der Waals surface area (Å²) in [6.07, 6.45) is 8.48. The lowest BCUT2D eigenvalue weighted by Gasteiger charge is -2.18. The van der Waals surface area contributed by atoms with Gasteiger partial charge in [0.1, 0.15) is 23.0 Å². The van der Waals surface area contributed by atoms with Crippen LogP contribution in [0.15, 0.2) is 109 Å². The summed E-state index contributed by atoms with van der Waals surface area (Å²) in [7, 11) is 6.79. The standard InChI is InChI=1S/C40H34O4/c1-41-33-17-9-27(10-18-33)5-7-29-13-21-35-31(25-29)15-23-37(43-3)39(35)40-36-22-14-30(26-32(36)16-24-38(40)44-4)8-6-28-11-19-34(42-2)20-12-28/h5-26H,1-4H3/b7-5-,8-6-. The average Bonchev–Trinajstić information content (AvgIpc) is 3.09. The molecule has 0 spiro atoms. The van der Waals surface area contributed by atoms with Gasteiger partial charge in [-0.05, 0) is 92.3 Å². The molecule has 0 N–H and O–H groups in total. The van der Waals surface area contributed by atoms with E-state index in [1.54, 1.807) is 28.4 Å². The molecule has 0 radical (unpaired) electrons. The third-order valence-electron chi connectivity index (χ3n) is 7.87. The van der Waals surface area contributed by atoms with Gasteiger partial charge in [0.05, 0.1) is 28.4 Å². The summed E-state index contributed by atoms with van der Waals surface area (Å²) in [5.41, 5.74) is 6.48. The Hall–Kier alpha value is -5.48. The fourth-order valence-corrected chi connectivity index (χ4v) is 5.53. The Morgan fingerprint density at radius 1 is 0.364 bits per heavy atom. The minimum absolute atomic E-state index is 0.799. The molecule has 0 heterocycles. The van der Waals surface area contributed by atoms with Crippen molar-refractivity contribution in [2.24, 2.45) is 0 Å². The van der Waals surface area contributed by atoms with E-state index in [1.807, 2.05) is 60.7 Å². The summed E-state index contributed by atoms with van der Waals surface area (Å²) < 4.78 is 22.4. The zero-order valence-electron chi connectivity index (χ0n) is 25.3.